The quantitative estimate of drug-likeness (QED) is 0.126. The maximum absolute atomic E-state index is 16.8. The van der Waals surface area contributed by atoms with Crippen LogP contribution in [0.3, 0.4) is 0 Å². The van der Waals surface area contributed by atoms with E-state index in [1.165, 1.54) is 37.1 Å². The number of unbranched alkanes of at least 4 members (excludes halogenated alkanes) is 3. The lowest BCUT2D eigenvalue weighted by Gasteiger charge is -2.34. The topological polar surface area (TPSA) is 107 Å². The van der Waals surface area contributed by atoms with Crippen LogP contribution in [0.25, 0.3) is 32.9 Å². The molecule has 2 unspecified atom stereocenters. The lowest BCUT2D eigenvalue weighted by Crippen LogP contribution is -2.51. The zero-order valence-corrected chi connectivity index (χ0v) is 29.8. The van der Waals surface area contributed by atoms with Gasteiger partial charge in [0, 0.05) is 81.5 Å². The van der Waals surface area contributed by atoms with Crippen LogP contribution in [0.5, 0.6) is 11.8 Å². The van der Waals surface area contributed by atoms with Gasteiger partial charge in [-0.15, -0.1) is 6.42 Å². The minimum Gasteiger partial charge on any atom is -0.508 e. The Morgan fingerprint density at radius 1 is 1.00 bits per heavy atom. The van der Waals surface area contributed by atoms with Crippen LogP contribution in [0.1, 0.15) is 63.9 Å². The monoisotopic (exact) mass is 711 g/mol. The van der Waals surface area contributed by atoms with Gasteiger partial charge in [0.25, 0.3) is 0 Å². The number of carbonyl (C=O) groups excluding carboxylic acids is 1. The Kier molecular flexibility index (Phi) is 11.1. The Morgan fingerprint density at radius 3 is 2.42 bits per heavy atom. The van der Waals surface area contributed by atoms with Crippen LogP contribution in [0.15, 0.2) is 30.5 Å². The van der Waals surface area contributed by atoms with E-state index in [1.807, 2.05) is 0 Å². The van der Waals surface area contributed by atoms with Crippen LogP contribution in [0, 0.1) is 24.0 Å². The number of halogens is 2. The number of hydrogen-bond donors (Lipinski definition) is 2. The van der Waals surface area contributed by atoms with Gasteiger partial charge in [-0.1, -0.05) is 24.8 Å². The molecule has 12 heteroatoms. The second-order valence-corrected chi connectivity index (χ2v) is 14.5. The summed E-state index contributed by atoms with van der Waals surface area (Å²) in [6.45, 7) is 9.54. The Labute approximate surface area is 303 Å². The second kappa shape index (κ2) is 16.1. The molecule has 3 saturated heterocycles. The summed E-state index contributed by atoms with van der Waals surface area (Å²) in [7, 11) is 0. The fourth-order valence-corrected chi connectivity index (χ4v) is 7.99. The van der Waals surface area contributed by atoms with Crippen molar-refractivity contribution >= 4 is 33.3 Å². The lowest BCUT2D eigenvalue weighted by molar-refractivity contribution is -0.117. The molecule has 52 heavy (non-hydrogen) atoms. The van der Waals surface area contributed by atoms with Gasteiger partial charge in [0.2, 0.25) is 0 Å². The van der Waals surface area contributed by atoms with Crippen LogP contribution < -0.4 is 15.0 Å². The van der Waals surface area contributed by atoms with Gasteiger partial charge in [0.05, 0.1) is 17.6 Å². The molecule has 0 amide bonds. The number of phenolic OH excluding ortho intramolecular Hbond substituents is 1. The summed E-state index contributed by atoms with van der Waals surface area (Å²) in [5.74, 6) is 1.77. The Hall–Kier alpha value is -4.44. The van der Waals surface area contributed by atoms with E-state index in [4.69, 9.17) is 16.1 Å². The minimum absolute atomic E-state index is 0.0311. The molecule has 2 bridgehead atoms. The number of terminal acetylenes is 1. The number of phenols is 1. The molecule has 5 heterocycles. The minimum atomic E-state index is -0.725. The zero-order chi connectivity index (χ0) is 36.2. The predicted molar refractivity (Wildman–Crippen MR) is 199 cm³/mol. The average molecular weight is 712 g/mol. The van der Waals surface area contributed by atoms with Crippen molar-refractivity contribution in [1.82, 2.24) is 30.1 Å². The molecule has 2 aromatic heterocycles. The van der Waals surface area contributed by atoms with E-state index in [1.54, 1.807) is 13.1 Å². The number of rotatable bonds is 14. The number of piperazine rings is 2. The first-order valence-corrected chi connectivity index (χ1v) is 18.6. The third kappa shape index (κ3) is 7.97. The summed E-state index contributed by atoms with van der Waals surface area (Å²) >= 11 is 0. The van der Waals surface area contributed by atoms with Crippen molar-refractivity contribution in [3.63, 3.8) is 0 Å². The number of ketones is 1. The fraction of sp³-hybridized carbons (Fsp3) is 0.500. The maximum Gasteiger partial charge on any atom is 0.319 e. The molecule has 0 aliphatic carbocycles. The van der Waals surface area contributed by atoms with E-state index in [-0.39, 0.29) is 45.3 Å². The number of anilines is 1. The van der Waals surface area contributed by atoms with Gasteiger partial charge in [-0.25, -0.2) is 8.78 Å². The number of hydrogen-bond acceptors (Lipinski definition) is 10. The van der Waals surface area contributed by atoms with Crippen LogP contribution >= 0.6 is 0 Å². The SMILES string of the molecule is C#Cc1c(F)ccc2cc(O)cc(-c3ncc4c(N5CC6CCC(C5)N6)nc(OCCCN5CCN(CCCCCCC(C)=O)CC5)nc4c3F)c12. The highest BCUT2D eigenvalue weighted by Gasteiger charge is 2.34. The summed E-state index contributed by atoms with van der Waals surface area (Å²) in [6.07, 6.45) is 15.3. The molecule has 2 N–H and O–H groups in total. The number of Topliss-reactive ketones (excluding diaryl/α,β-unsaturated/α-hetero) is 1. The van der Waals surface area contributed by atoms with Gasteiger partial charge >= 0.3 is 6.01 Å². The van der Waals surface area contributed by atoms with Crippen molar-refractivity contribution in [1.29, 1.82) is 0 Å². The Bertz CT molecular complexity index is 1970. The van der Waals surface area contributed by atoms with Gasteiger partial charge in [-0.3, -0.25) is 4.98 Å². The molecule has 0 radical (unpaired) electrons. The number of carbonyl (C=O) groups is 1. The molecular formula is C40H47F2N7O3. The van der Waals surface area contributed by atoms with Crippen molar-refractivity contribution in [2.24, 2.45) is 0 Å². The number of aromatic nitrogens is 3. The van der Waals surface area contributed by atoms with Crippen LogP contribution in [0.2, 0.25) is 0 Å². The summed E-state index contributed by atoms with van der Waals surface area (Å²) < 4.78 is 37.8. The van der Waals surface area contributed by atoms with E-state index in [0.717, 1.165) is 84.5 Å². The first-order chi connectivity index (χ1) is 25.3. The Morgan fingerprint density at radius 2 is 1.71 bits per heavy atom. The van der Waals surface area contributed by atoms with Crippen LogP contribution in [-0.4, -0.2) is 107 Å². The number of pyridine rings is 1. The van der Waals surface area contributed by atoms with Crippen molar-refractivity contribution < 1.29 is 23.4 Å². The fourth-order valence-electron chi connectivity index (χ4n) is 7.99. The number of fused-ring (bicyclic) bond motifs is 4. The van der Waals surface area contributed by atoms with Crippen molar-refractivity contribution in [2.45, 2.75) is 70.4 Å². The summed E-state index contributed by atoms with van der Waals surface area (Å²) in [6, 6.07) is 6.28. The van der Waals surface area contributed by atoms with Gasteiger partial charge in [-0.05, 0) is 69.2 Å². The van der Waals surface area contributed by atoms with Gasteiger partial charge in [0.15, 0.2) is 5.82 Å². The molecule has 7 rings (SSSR count). The number of nitrogens with one attached hydrogen (secondary N) is 1. The lowest BCUT2D eigenvalue weighted by atomic mass is 9.96. The summed E-state index contributed by atoms with van der Waals surface area (Å²) in [5, 5.41) is 15.4. The van der Waals surface area contributed by atoms with Crippen LogP contribution in [-0.2, 0) is 4.79 Å². The van der Waals surface area contributed by atoms with E-state index in [0.29, 0.717) is 41.7 Å². The van der Waals surface area contributed by atoms with Gasteiger partial charge < -0.3 is 34.7 Å². The van der Waals surface area contributed by atoms with Crippen LogP contribution in [0.4, 0.5) is 14.6 Å². The molecule has 4 aromatic rings. The van der Waals surface area contributed by atoms with E-state index in [9.17, 15) is 14.3 Å². The van der Waals surface area contributed by atoms with Gasteiger partial charge in [0.1, 0.15) is 34.4 Å². The van der Waals surface area contributed by atoms with Crippen molar-refractivity contribution in [2.75, 3.05) is 63.9 Å². The molecular weight excluding hydrogens is 664 g/mol. The zero-order valence-electron chi connectivity index (χ0n) is 29.8. The molecule has 2 atom stereocenters. The first kappa shape index (κ1) is 35.9. The van der Waals surface area contributed by atoms with Crippen molar-refractivity contribution in [3.8, 4) is 35.4 Å². The third-order valence-electron chi connectivity index (χ3n) is 10.7. The number of ether oxygens (including phenoxy) is 1. The van der Waals surface area contributed by atoms with Crippen molar-refractivity contribution in [3.05, 3.63) is 47.7 Å². The molecule has 274 valence electrons. The summed E-state index contributed by atoms with van der Waals surface area (Å²) in [4.78, 5) is 32.2. The highest BCUT2D eigenvalue weighted by molar-refractivity contribution is 6.03. The largest absolute Gasteiger partial charge is 0.508 e. The van der Waals surface area contributed by atoms with E-state index >= 15 is 4.39 Å². The average Bonchev–Trinajstić information content (AvgIpc) is 3.48. The van der Waals surface area contributed by atoms with E-state index < -0.39 is 11.6 Å². The molecule has 3 aliphatic rings. The Balaban J connectivity index is 1.07. The highest BCUT2D eigenvalue weighted by atomic mass is 19.1. The maximum atomic E-state index is 16.8. The first-order valence-electron chi connectivity index (χ1n) is 18.6. The smallest absolute Gasteiger partial charge is 0.319 e. The second-order valence-electron chi connectivity index (χ2n) is 14.5. The van der Waals surface area contributed by atoms with Gasteiger partial charge in [-0.2, -0.15) is 9.97 Å². The number of nitrogens with zero attached hydrogens (tertiary/aromatic N) is 6. The molecule has 2 aromatic carbocycles. The molecule has 0 spiro atoms. The molecule has 10 nitrogen and oxygen atoms in total. The highest BCUT2D eigenvalue weighted by Crippen LogP contribution is 2.39. The molecule has 3 fully saturated rings. The summed E-state index contributed by atoms with van der Waals surface area (Å²) in [5.41, 5.74) is 0.0884. The molecule has 0 saturated carbocycles. The van der Waals surface area contributed by atoms with E-state index in [2.05, 4.69) is 35.9 Å². The number of aromatic hydroxyl groups is 1. The standard InChI is InChI=1S/C40H47F2N7O3/c1-3-31-34(41)13-10-27-21-30(51)22-32(35(27)31)37-36(42)38-33(23-43-37)39(49-24-28-11-12-29(25-49)44-28)46-40(45-38)52-20-8-15-48-18-16-47(17-19-48)14-7-5-4-6-9-26(2)50/h1,10,13,21-23,28-29,44,51H,4-9,11-12,14-20,24-25H2,2H3. The third-order valence-corrected chi connectivity index (χ3v) is 10.7. The normalized spacial score (nSPS) is 19.4. The molecule has 3 aliphatic heterocycles. The number of benzene rings is 2. The predicted octanol–water partition coefficient (Wildman–Crippen LogP) is 5.68.